The van der Waals surface area contributed by atoms with Crippen molar-refractivity contribution in [3.8, 4) is 12.3 Å². The molecule has 0 fully saturated rings. The summed E-state index contributed by atoms with van der Waals surface area (Å²) in [5.41, 5.74) is 4.64. The van der Waals surface area contributed by atoms with E-state index in [0.717, 1.165) is 21.6 Å². The second-order valence-corrected chi connectivity index (χ2v) is 8.11. The average molecular weight is 441 g/mol. The molecule has 0 spiro atoms. The molecule has 2 aromatic carbocycles. The summed E-state index contributed by atoms with van der Waals surface area (Å²) in [5, 5.41) is 2.89. The summed E-state index contributed by atoms with van der Waals surface area (Å²) >= 11 is 1.28. The third-order valence-electron chi connectivity index (χ3n) is 4.94. The van der Waals surface area contributed by atoms with Crippen LogP contribution in [0.4, 0.5) is 5.69 Å². The van der Waals surface area contributed by atoms with Crippen molar-refractivity contribution in [1.82, 2.24) is 14.3 Å². The van der Waals surface area contributed by atoms with E-state index in [9.17, 15) is 9.59 Å². The molecule has 4 aromatic rings. The highest BCUT2D eigenvalue weighted by atomic mass is 32.1. The number of hydrogen-bond donors (Lipinski definition) is 1. The normalized spacial score (nSPS) is 10.6. The zero-order valence-electron chi connectivity index (χ0n) is 17.5. The van der Waals surface area contributed by atoms with Crippen molar-refractivity contribution in [3.63, 3.8) is 0 Å². The predicted octanol–water partition coefficient (Wildman–Crippen LogP) is 4.83. The summed E-state index contributed by atoms with van der Waals surface area (Å²) in [4.78, 5) is 35.2. The maximum absolute atomic E-state index is 13.1. The number of hydrogen-bond acceptors (Lipinski definition) is 6. The lowest BCUT2D eigenvalue weighted by molar-refractivity contribution is 0.0981. The number of carbonyl (C=O) groups is 2. The van der Waals surface area contributed by atoms with Crippen LogP contribution in [0.1, 0.15) is 49.8 Å². The van der Waals surface area contributed by atoms with Crippen molar-refractivity contribution in [1.29, 1.82) is 0 Å². The topological polar surface area (TPSA) is 84.8 Å². The van der Waals surface area contributed by atoms with E-state index in [-0.39, 0.29) is 18.1 Å². The molecule has 0 saturated heterocycles. The van der Waals surface area contributed by atoms with Crippen molar-refractivity contribution < 1.29 is 9.59 Å². The van der Waals surface area contributed by atoms with Crippen molar-refractivity contribution in [2.45, 2.75) is 26.2 Å². The quantitative estimate of drug-likeness (QED) is 0.329. The average Bonchev–Trinajstić information content (AvgIpc) is 3.17. The van der Waals surface area contributed by atoms with E-state index in [1.54, 1.807) is 37.4 Å². The van der Waals surface area contributed by atoms with Gasteiger partial charge in [0.2, 0.25) is 0 Å². The molecule has 0 bridgehead atoms. The van der Waals surface area contributed by atoms with Crippen LogP contribution in [-0.4, -0.2) is 26.0 Å². The smallest absolute Gasteiger partial charge is 0.258 e. The molecule has 0 unspecified atom stereocenters. The fourth-order valence-electron chi connectivity index (χ4n) is 3.37. The molecular formula is C25H20N4O2S. The lowest BCUT2D eigenvalue weighted by Crippen LogP contribution is -2.15. The van der Waals surface area contributed by atoms with E-state index in [4.69, 9.17) is 6.42 Å². The SMILES string of the molecule is C#CCCC(=O)c1cccc(NC(=O)c2c(C)nsc2Cc2cnc3ccccc3n2)c1. The number of aromatic nitrogens is 3. The Morgan fingerprint density at radius 2 is 1.94 bits per heavy atom. The lowest BCUT2D eigenvalue weighted by Gasteiger charge is -2.08. The molecule has 0 atom stereocenters. The van der Waals surface area contributed by atoms with Gasteiger partial charge in [-0.05, 0) is 42.7 Å². The Kier molecular flexibility index (Phi) is 6.34. The van der Waals surface area contributed by atoms with Gasteiger partial charge in [0.25, 0.3) is 5.91 Å². The summed E-state index contributed by atoms with van der Waals surface area (Å²) in [6.45, 7) is 1.81. The summed E-state index contributed by atoms with van der Waals surface area (Å²) in [6.07, 6.45) is 8.09. The van der Waals surface area contributed by atoms with Gasteiger partial charge in [0.05, 0.1) is 28.0 Å². The standard InChI is InChI=1S/C25H20N4O2S/c1-3-4-12-22(30)17-8-7-9-18(13-17)28-25(31)24-16(2)29-32-23(24)14-19-15-26-20-10-5-6-11-21(20)27-19/h1,5-11,13,15H,4,12,14H2,2H3,(H,28,31). The zero-order chi connectivity index (χ0) is 22.5. The monoisotopic (exact) mass is 440 g/mol. The third-order valence-corrected chi connectivity index (χ3v) is 5.87. The fraction of sp³-hybridized carbons (Fsp3) is 0.160. The van der Waals surface area contributed by atoms with E-state index in [1.165, 1.54) is 11.5 Å². The van der Waals surface area contributed by atoms with Crippen LogP contribution in [0.2, 0.25) is 0 Å². The number of rotatable bonds is 7. The van der Waals surface area contributed by atoms with Crippen LogP contribution in [0.3, 0.4) is 0 Å². The van der Waals surface area contributed by atoms with E-state index in [0.29, 0.717) is 35.3 Å². The minimum absolute atomic E-state index is 0.0528. The van der Waals surface area contributed by atoms with E-state index in [2.05, 4.69) is 25.6 Å². The summed E-state index contributed by atoms with van der Waals surface area (Å²) in [7, 11) is 0. The van der Waals surface area contributed by atoms with Gasteiger partial charge in [-0.25, -0.2) is 4.98 Å². The Morgan fingerprint density at radius 3 is 2.75 bits per heavy atom. The number of terminal acetylenes is 1. The molecule has 2 heterocycles. The maximum Gasteiger partial charge on any atom is 0.258 e. The van der Waals surface area contributed by atoms with Gasteiger partial charge >= 0.3 is 0 Å². The van der Waals surface area contributed by atoms with Crippen molar-refractivity contribution in [2.75, 3.05) is 5.32 Å². The van der Waals surface area contributed by atoms with Gasteiger partial charge in [-0.15, -0.1) is 12.3 Å². The van der Waals surface area contributed by atoms with Crippen LogP contribution in [0.25, 0.3) is 11.0 Å². The molecule has 0 aliphatic rings. The highest BCUT2D eigenvalue weighted by Gasteiger charge is 2.20. The van der Waals surface area contributed by atoms with Crippen LogP contribution < -0.4 is 5.32 Å². The third kappa shape index (κ3) is 4.71. The molecule has 158 valence electrons. The first-order valence-electron chi connectivity index (χ1n) is 10.1. The number of aryl methyl sites for hydroxylation is 1. The van der Waals surface area contributed by atoms with E-state index >= 15 is 0 Å². The first-order valence-corrected chi connectivity index (χ1v) is 10.9. The number of para-hydroxylation sites is 2. The molecule has 0 aliphatic carbocycles. The van der Waals surface area contributed by atoms with Crippen LogP contribution in [0.15, 0.2) is 54.7 Å². The van der Waals surface area contributed by atoms with Gasteiger partial charge in [-0.3, -0.25) is 14.6 Å². The number of amides is 1. The van der Waals surface area contributed by atoms with Gasteiger partial charge in [0, 0.05) is 41.6 Å². The summed E-state index contributed by atoms with van der Waals surface area (Å²) < 4.78 is 4.38. The predicted molar refractivity (Wildman–Crippen MR) is 126 cm³/mol. The van der Waals surface area contributed by atoms with Crippen LogP contribution >= 0.6 is 11.5 Å². The molecule has 32 heavy (non-hydrogen) atoms. The summed E-state index contributed by atoms with van der Waals surface area (Å²) in [5.74, 6) is 2.15. The number of fused-ring (bicyclic) bond motifs is 1. The Labute approximate surface area is 189 Å². The molecule has 0 radical (unpaired) electrons. The molecular weight excluding hydrogens is 420 g/mol. The van der Waals surface area contributed by atoms with E-state index in [1.807, 2.05) is 24.3 Å². The van der Waals surface area contributed by atoms with Crippen LogP contribution in [0, 0.1) is 19.3 Å². The second-order valence-electron chi connectivity index (χ2n) is 7.26. The van der Waals surface area contributed by atoms with Crippen LogP contribution in [0.5, 0.6) is 0 Å². The molecule has 0 saturated carbocycles. The molecule has 2 aromatic heterocycles. The number of carbonyl (C=O) groups excluding carboxylic acids is 2. The maximum atomic E-state index is 13.1. The highest BCUT2D eigenvalue weighted by molar-refractivity contribution is 7.06. The number of nitrogens with one attached hydrogen (secondary N) is 1. The highest BCUT2D eigenvalue weighted by Crippen LogP contribution is 2.24. The minimum Gasteiger partial charge on any atom is -0.322 e. The van der Waals surface area contributed by atoms with Crippen LogP contribution in [-0.2, 0) is 6.42 Å². The molecule has 7 heteroatoms. The molecule has 1 N–H and O–H groups in total. The molecule has 4 rings (SSSR count). The number of benzene rings is 2. The Balaban J connectivity index is 1.54. The van der Waals surface area contributed by atoms with Gasteiger partial charge in [0.1, 0.15) is 0 Å². The van der Waals surface area contributed by atoms with Crippen molar-refractivity contribution in [3.05, 3.63) is 82.1 Å². The molecule has 6 nitrogen and oxygen atoms in total. The Hall–Kier alpha value is -3.89. The number of anilines is 1. The zero-order valence-corrected chi connectivity index (χ0v) is 18.3. The second kappa shape index (κ2) is 9.50. The molecule has 0 aliphatic heterocycles. The number of ketones is 1. The van der Waals surface area contributed by atoms with Gasteiger partial charge in [-0.1, -0.05) is 24.3 Å². The summed E-state index contributed by atoms with van der Waals surface area (Å²) in [6, 6.07) is 14.5. The van der Waals surface area contributed by atoms with Crippen molar-refractivity contribution in [2.24, 2.45) is 0 Å². The number of nitrogens with zero attached hydrogens (tertiary/aromatic N) is 3. The Morgan fingerprint density at radius 1 is 1.12 bits per heavy atom. The minimum atomic E-state index is -0.270. The fourth-order valence-corrected chi connectivity index (χ4v) is 4.25. The largest absolute Gasteiger partial charge is 0.322 e. The Bertz CT molecular complexity index is 1350. The van der Waals surface area contributed by atoms with E-state index < -0.39 is 0 Å². The van der Waals surface area contributed by atoms with Crippen molar-refractivity contribution >= 4 is 39.9 Å². The van der Waals surface area contributed by atoms with Gasteiger partial charge in [-0.2, -0.15) is 4.37 Å². The number of Topliss-reactive ketones (excluding diaryl/α,β-unsaturated/α-hetero) is 1. The lowest BCUT2D eigenvalue weighted by atomic mass is 10.1. The van der Waals surface area contributed by atoms with Gasteiger partial charge < -0.3 is 5.32 Å². The first kappa shape index (κ1) is 21.3. The molecule has 1 amide bonds. The first-order chi connectivity index (χ1) is 15.5. The van der Waals surface area contributed by atoms with Gasteiger partial charge in [0.15, 0.2) is 5.78 Å².